The molecule has 0 bridgehead atoms. The average Bonchev–Trinajstić information content (AvgIpc) is 2.76. The minimum absolute atomic E-state index is 0.0183. The van der Waals surface area contributed by atoms with Crippen molar-refractivity contribution in [2.45, 2.75) is 24.4 Å². The average molecular weight is 408 g/mol. The van der Waals surface area contributed by atoms with Crippen LogP contribution in [0.1, 0.15) is 24.2 Å². The van der Waals surface area contributed by atoms with Gasteiger partial charge in [0.15, 0.2) is 11.9 Å². The Hall–Kier alpha value is -2.90. The summed E-state index contributed by atoms with van der Waals surface area (Å²) in [6.45, 7) is 1.39. The zero-order valence-electron chi connectivity index (χ0n) is 15.8. The minimum Gasteiger partial charge on any atom is -0.448 e. The van der Waals surface area contributed by atoms with Gasteiger partial charge in [0.05, 0.1) is 0 Å². The van der Waals surface area contributed by atoms with E-state index in [4.69, 9.17) is 10.5 Å². The molecule has 2 aliphatic rings. The van der Waals surface area contributed by atoms with Crippen LogP contribution >= 0.6 is 11.8 Å². The van der Waals surface area contributed by atoms with Crippen molar-refractivity contribution in [3.63, 3.8) is 0 Å². The lowest BCUT2D eigenvalue weighted by atomic mass is 10.0. The number of ether oxygens (including phenoxy) is 1. The lowest BCUT2D eigenvalue weighted by Gasteiger charge is -2.48. The maximum Gasteiger partial charge on any atom is 0.356 e. The van der Waals surface area contributed by atoms with Gasteiger partial charge in [-0.2, -0.15) is 0 Å². The van der Waals surface area contributed by atoms with E-state index in [2.05, 4.69) is 0 Å². The van der Waals surface area contributed by atoms with Crippen LogP contribution < -0.4 is 5.73 Å². The zero-order chi connectivity index (χ0) is 20.5. The second-order valence-electron chi connectivity index (χ2n) is 6.93. The number of benzene rings is 2. The topological polar surface area (TPSA) is 89.7 Å². The number of β-lactam (4-membered cyclic amide) rings is 1. The van der Waals surface area contributed by atoms with Gasteiger partial charge in [0, 0.05) is 11.3 Å². The second kappa shape index (κ2) is 7.85. The van der Waals surface area contributed by atoms with Crippen LogP contribution in [-0.4, -0.2) is 39.7 Å². The molecule has 0 aliphatic carbocycles. The van der Waals surface area contributed by atoms with Gasteiger partial charge in [0.25, 0.3) is 0 Å². The normalized spacial score (nSPS) is 20.9. The third-order valence-corrected chi connectivity index (χ3v) is 6.36. The van der Waals surface area contributed by atoms with Crippen LogP contribution in [0.15, 0.2) is 71.9 Å². The highest BCUT2D eigenvalue weighted by Crippen LogP contribution is 2.40. The molecular formula is C22H20N2O4S. The van der Waals surface area contributed by atoms with E-state index in [1.54, 1.807) is 0 Å². The van der Waals surface area contributed by atoms with E-state index in [1.807, 2.05) is 60.7 Å². The van der Waals surface area contributed by atoms with Gasteiger partial charge in [-0.3, -0.25) is 14.5 Å². The first-order valence-electron chi connectivity index (χ1n) is 9.24. The Kier molecular flexibility index (Phi) is 5.25. The van der Waals surface area contributed by atoms with Gasteiger partial charge in [0.1, 0.15) is 17.1 Å². The molecular weight excluding hydrogens is 388 g/mol. The predicted octanol–water partition coefficient (Wildman–Crippen LogP) is 2.40. The Bertz CT molecular complexity index is 951. The number of nitrogens with two attached hydrogens (primary N) is 1. The Labute approximate surface area is 172 Å². The Balaban J connectivity index is 1.71. The van der Waals surface area contributed by atoms with E-state index in [9.17, 15) is 14.4 Å². The third kappa shape index (κ3) is 3.47. The number of Topliss-reactive ketones (excluding diaryl/α,β-unsaturated/α-hetero) is 1. The number of hydrogen-bond donors (Lipinski definition) is 1. The summed E-state index contributed by atoms with van der Waals surface area (Å²) in [5, 5.41) is -0.347. The van der Waals surface area contributed by atoms with Crippen molar-refractivity contribution in [2.75, 3.05) is 5.75 Å². The first kappa shape index (κ1) is 19.4. The van der Waals surface area contributed by atoms with Gasteiger partial charge >= 0.3 is 5.97 Å². The highest BCUT2D eigenvalue weighted by Gasteiger charge is 2.52. The molecule has 0 saturated carbocycles. The Morgan fingerprint density at radius 1 is 1.07 bits per heavy atom. The van der Waals surface area contributed by atoms with Crippen molar-refractivity contribution < 1.29 is 19.1 Å². The molecule has 2 aromatic rings. The lowest BCUT2D eigenvalue weighted by molar-refractivity contribution is -0.153. The van der Waals surface area contributed by atoms with Crippen molar-refractivity contribution in [3.8, 4) is 0 Å². The Morgan fingerprint density at radius 3 is 2.14 bits per heavy atom. The molecule has 1 unspecified atom stereocenters. The fourth-order valence-corrected chi connectivity index (χ4v) is 4.88. The molecule has 1 saturated heterocycles. The summed E-state index contributed by atoms with van der Waals surface area (Å²) < 4.78 is 5.89. The summed E-state index contributed by atoms with van der Waals surface area (Å²) in [5.41, 5.74) is 7.77. The predicted molar refractivity (Wildman–Crippen MR) is 110 cm³/mol. The van der Waals surface area contributed by atoms with Crippen molar-refractivity contribution in [1.29, 1.82) is 0 Å². The standard InChI is InChI=1S/C22H20N2O4S/c1-13(25)16-12-29-21-17(23)20(26)24(21)18(16)22(27)28-19(14-8-4-2-5-9-14)15-10-6-3-7-11-15/h2-11,17,19,21H,12,23H2,1H3/t17?,21-/m1/s1. The van der Waals surface area contributed by atoms with Crippen LogP contribution in [0.25, 0.3) is 0 Å². The molecule has 0 aromatic heterocycles. The summed E-state index contributed by atoms with van der Waals surface area (Å²) in [4.78, 5) is 39.0. The van der Waals surface area contributed by atoms with Crippen LogP contribution in [-0.2, 0) is 19.1 Å². The van der Waals surface area contributed by atoms with Crippen LogP contribution in [0.2, 0.25) is 0 Å². The fraction of sp³-hybridized carbons (Fsp3) is 0.227. The van der Waals surface area contributed by atoms with Crippen molar-refractivity contribution in [1.82, 2.24) is 4.90 Å². The number of fused-ring (bicyclic) bond motifs is 1. The number of nitrogens with zero attached hydrogens (tertiary/aromatic N) is 1. The number of rotatable bonds is 5. The van der Waals surface area contributed by atoms with Gasteiger partial charge < -0.3 is 10.5 Å². The first-order valence-corrected chi connectivity index (χ1v) is 10.3. The molecule has 0 spiro atoms. The summed E-state index contributed by atoms with van der Waals surface area (Å²) in [7, 11) is 0. The molecule has 2 aliphatic heterocycles. The second-order valence-corrected chi connectivity index (χ2v) is 8.03. The van der Waals surface area contributed by atoms with Gasteiger partial charge in [-0.25, -0.2) is 4.79 Å². The third-order valence-electron chi connectivity index (χ3n) is 5.06. The van der Waals surface area contributed by atoms with Crippen molar-refractivity contribution >= 4 is 29.4 Å². The van der Waals surface area contributed by atoms with Crippen molar-refractivity contribution in [3.05, 3.63) is 83.1 Å². The molecule has 2 aromatic carbocycles. The molecule has 29 heavy (non-hydrogen) atoms. The smallest absolute Gasteiger partial charge is 0.356 e. The Morgan fingerprint density at radius 2 is 1.62 bits per heavy atom. The molecule has 2 atom stereocenters. The molecule has 7 heteroatoms. The zero-order valence-corrected chi connectivity index (χ0v) is 16.6. The van der Waals surface area contributed by atoms with Gasteiger partial charge in [0.2, 0.25) is 5.91 Å². The molecule has 148 valence electrons. The quantitative estimate of drug-likeness (QED) is 0.604. The SMILES string of the molecule is CC(=O)C1=C(C(=O)OC(c2ccccc2)c2ccccc2)N2C(=O)C(N)[C@H]2SC1. The monoisotopic (exact) mass is 408 g/mol. The highest BCUT2D eigenvalue weighted by molar-refractivity contribution is 8.00. The number of carbonyl (C=O) groups excluding carboxylic acids is 3. The minimum atomic E-state index is -0.696. The van der Waals surface area contributed by atoms with Gasteiger partial charge in [-0.15, -0.1) is 11.8 Å². The summed E-state index contributed by atoms with van der Waals surface area (Å²) in [5.74, 6) is -1.00. The van der Waals surface area contributed by atoms with Gasteiger partial charge in [-0.1, -0.05) is 60.7 Å². The van der Waals surface area contributed by atoms with Crippen LogP contribution in [0.3, 0.4) is 0 Å². The number of amides is 1. The first-order chi connectivity index (χ1) is 14.0. The molecule has 1 amide bonds. The number of carbonyl (C=O) groups is 3. The van der Waals surface area contributed by atoms with Gasteiger partial charge in [-0.05, 0) is 18.1 Å². The van der Waals surface area contributed by atoms with E-state index in [0.29, 0.717) is 5.75 Å². The van der Waals surface area contributed by atoms with Crippen LogP contribution in [0, 0.1) is 0 Å². The lowest BCUT2D eigenvalue weighted by Crippen LogP contribution is -2.68. The molecule has 4 rings (SSSR count). The summed E-state index contributed by atoms with van der Waals surface area (Å²) >= 11 is 1.39. The van der Waals surface area contributed by atoms with E-state index in [1.165, 1.54) is 23.6 Å². The van der Waals surface area contributed by atoms with E-state index < -0.39 is 18.1 Å². The maximum absolute atomic E-state index is 13.2. The fourth-order valence-electron chi connectivity index (χ4n) is 3.52. The molecule has 6 nitrogen and oxygen atoms in total. The molecule has 0 radical (unpaired) electrons. The van der Waals surface area contributed by atoms with Crippen molar-refractivity contribution in [2.24, 2.45) is 5.73 Å². The van der Waals surface area contributed by atoms with E-state index in [0.717, 1.165) is 11.1 Å². The largest absolute Gasteiger partial charge is 0.448 e. The molecule has 2 heterocycles. The molecule has 1 fully saturated rings. The van der Waals surface area contributed by atoms with E-state index in [-0.39, 0.29) is 28.3 Å². The summed E-state index contributed by atoms with van der Waals surface area (Å²) in [6, 6.07) is 18.0. The number of hydrogen-bond acceptors (Lipinski definition) is 6. The highest BCUT2D eigenvalue weighted by atomic mass is 32.2. The van der Waals surface area contributed by atoms with Crippen LogP contribution in [0.5, 0.6) is 0 Å². The molecule has 2 N–H and O–H groups in total. The number of thioether (sulfide) groups is 1. The maximum atomic E-state index is 13.2. The number of ketones is 1. The number of esters is 1. The van der Waals surface area contributed by atoms with E-state index >= 15 is 0 Å². The summed E-state index contributed by atoms with van der Waals surface area (Å²) in [6.07, 6.45) is -0.663. The van der Waals surface area contributed by atoms with Crippen LogP contribution in [0.4, 0.5) is 0 Å².